The quantitative estimate of drug-likeness (QED) is 0.567. The Morgan fingerprint density at radius 1 is 1.21 bits per heavy atom. The molecule has 0 saturated carbocycles. The number of ether oxygens (including phenoxy) is 3. The van der Waals surface area contributed by atoms with Crippen LogP contribution in [-0.4, -0.2) is 57.0 Å². The Morgan fingerprint density at radius 2 is 2.00 bits per heavy atom. The topological polar surface area (TPSA) is 72.4 Å². The molecule has 1 saturated heterocycles. The van der Waals surface area contributed by atoms with Gasteiger partial charge in [-0.2, -0.15) is 5.10 Å². The number of hydrogen-bond donors (Lipinski definition) is 1. The zero-order valence-electron chi connectivity index (χ0n) is 15.9. The summed E-state index contributed by atoms with van der Waals surface area (Å²) >= 11 is 0. The number of amides is 1. The molecule has 0 aromatic heterocycles. The number of hydrogen-bond acceptors (Lipinski definition) is 6. The lowest BCUT2D eigenvalue weighted by Crippen LogP contribution is -2.43. The minimum Gasteiger partial charge on any atom is -0.493 e. The third-order valence-corrected chi connectivity index (χ3v) is 4.23. The molecule has 1 aliphatic rings. The van der Waals surface area contributed by atoms with E-state index in [0.717, 1.165) is 12.1 Å². The molecule has 1 heterocycles. The van der Waals surface area contributed by atoms with E-state index in [0.29, 0.717) is 43.4 Å². The number of halogens is 2. The highest BCUT2D eigenvalue weighted by Gasteiger charge is 2.18. The van der Waals surface area contributed by atoms with Gasteiger partial charge in [-0.05, 0) is 35.9 Å². The normalized spacial score (nSPS) is 14.1. The average molecular weight is 405 g/mol. The molecule has 0 atom stereocenters. The molecule has 2 aromatic carbocycles. The van der Waals surface area contributed by atoms with Crippen molar-refractivity contribution in [3.63, 3.8) is 0 Å². The van der Waals surface area contributed by atoms with E-state index in [9.17, 15) is 13.6 Å². The van der Waals surface area contributed by atoms with Gasteiger partial charge in [-0.3, -0.25) is 10.2 Å². The minimum atomic E-state index is -0.742. The van der Waals surface area contributed by atoms with E-state index in [1.165, 1.54) is 19.4 Å². The Morgan fingerprint density at radius 3 is 2.72 bits per heavy atom. The molecule has 1 N–H and O–H groups in total. The van der Waals surface area contributed by atoms with Crippen LogP contribution in [0.1, 0.15) is 5.56 Å². The zero-order chi connectivity index (χ0) is 20.6. The fourth-order valence-corrected chi connectivity index (χ4v) is 2.68. The molecule has 0 unspecified atom stereocenters. The fourth-order valence-electron chi connectivity index (χ4n) is 2.68. The first kappa shape index (κ1) is 20.5. The highest BCUT2D eigenvalue weighted by molar-refractivity contribution is 5.82. The van der Waals surface area contributed by atoms with E-state index in [-0.39, 0.29) is 18.2 Å². The van der Waals surface area contributed by atoms with Crippen molar-refractivity contribution in [1.29, 1.82) is 0 Å². The van der Waals surface area contributed by atoms with Crippen LogP contribution in [0.3, 0.4) is 0 Å². The SMILES string of the molecule is COc1cc(/C=N/Nc2ccc(F)cc2F)ccc1OCC(=O)N1CCOCC1. The van der Waals surface area contributed by atoms with Crippen molar-refractivity contribution in [2.75, 3.05) is 45.4 Å². The van der Waals surface area contributed by atoms with Crippen molar-refractivity contribution in [3.8, 4) is 11.5 Å². The summed E-state index contributed by atoms with van der Waals surface area (Å²) in [6.07, 6.45) is 1.45. The number of rotatable bonds is 7. The largest absolute Gasteiger partial charge is 0.493 e. The highest BCUT2D eigenvalue weighted by atomic mass is 19.1. The summed E-state index contributed by atoms with van der Waals surface area (Å²) in [6, 6.07) is 8.19. The lowest BCUT2D eigenvalue weighted by Gasteiger charge is -2.26. The minimum absolute atomic E-state index is 0.0520. The van der Waals surface area contributed by atoms with Crippen LogP contribution in [0.2, 0.25) is 0 Å². The number of nitrogens with one attached hydrogen (secondary N) is 1. The summed E-state index contributed by atoms with van der Waals surface area (Å²) in [5.41, 5.74) is 3.22. The predicted molar refractivity (Wildman–Crippen MR) is 103 cm³/mol. The summed E-state index contributed by atoms with van der Waals surface area (Å²) in [4.78, 5) is 13.9. The van der Waals surface area contributed by atoms with Crippen LogP contribution in [0.25, 0.3) is 0 Å². The summed E-state index contributed by atoms with van der Waals surface area (Å²) in [5.74, 6) is -0.676. The molecule has 7 nitrogen and oxygen atoms in total. The van der Waals surface area contributed by atoms with E-state index >= 15 is 0 Å². The van der Waals surface area contributed by atoms with Gasteiger partial charge in [-0.15, -0.1) is 0 Å². The van der Waals surface area contributed by atoms with Crippen LogP contribution in [0, 0.1) is 11.6 Å². The molecule has 29 heavy (non-hydrogen) atoms. The number of carbonyl (C=O) groups excluding carboxylic acids is 1. The maximum atomic E-state index is 13.6. The van der Waals surface area contributed by atoms with E-state index in [1.807, 2.05) is 0 Å². The molecule has 0 aliphatic carbocycles. The highest BCUT2D eigenvalue weighted by Crippen LogP contribution is 2.27. The van der Waals surface area contributed by atoms with Crippen molar-refractivity contribution in [3.05, 3.63) is 53.6 Å². The van der Waals surface area contributed by atoms with Crippen LogP contribution in [0.4, 0.5) is 14.5 Å². The van der Waals surface area contributed by atoms with E-state index < -0.39 is 11.6 Å². The van der Waals surface area contributed by atoms with Crippen LogP contribution in [0.5, 0.6) is 11.5 Å². The van der Waals surface area contributed by atoms with Crippen molar-refractivity contribution in [1.82, 2.24) is 4.90 Å². The number of anilines is 1. The summed E-state index contributed by atoms with van der Waals surface area (Å²) in [5, 5.41) is 3.94. The first-order valence-electron chi connectivity index (χ1n) is 8.97. The van der Waals surface area contributed by atoms with Gasteiger partial charge in [0, 0.05) is 19.2 Å². The van der Waals surface area contributed by atoms with Gasteiger partial charge in [0.15, 0.2) is 23.9 Å². The lowest BCUT2D eigenvalue weighted by molar-refractivity contribution is -0.137. The van der Waals surface area contributed by atoms with Gasteiger partial charge in [0.2, 0.25) is 0 Å². The lowest BCUT2D eigenvalue weighted by atomic mass is 10.2. The van der Waals surface area contributed by atoms with Gasteiger partial charge in [-0.25, -0.2) is 8.78 Å². The third kappa shape index (κ3) is 5.64. The van der Waals surface area contributed by atoms with E-state index in [4.69, 9.17) is 14.2 Å². The second-order valence-corrected chi connectivity index (χ2v) is 6.19. The summed E-state index contributed by atoms with van der Waals surface area (Å²) in [7, 11) is 1.49. The Bertz CT molecular complexity index is 886. The zero-order valence-corrected chi connectivity index (χ0v) is 15.9. The van der Waals surface area contributed by atoms with Crippen LogP contribution in [0.15, 0.2) is 41.5 Å². The monoisotopic (exact) mass is 405 g/mol. The second-order valence-electron chi connectivity index (χ2n) is 6.19. The van der Waals surface area contributed by atoms with E-state index in [2.05, 4.69) is 10.5 Å². The summed E-state index contributed by atoms with van der Waals surface area (Å²) in [6.45, 7) is 2.06. The number of benzene rings is 2. The fraction of sp³-hybridized carbons (Fsp3) is 0.300. The molecule has 3 rings (SSSR count). The Hall–Kier alpha value is -3.20. The second kappa shape index (κ2) is 9.83. The van der Waals surface area contributed by atoms with Crippen molar-refractivity contribution >= 4 is 17.8 Å². The van der Waals surface area contributed by atoms with Crippen molar-refractivity contribution in [2.45, 2.75) is 0 Å². The van der Waals surface area contributed by atoms with Crippen LogP contribution in [-0.2, 0) is 9.53 Å². The van der Waals surface area contributed by atoms with Crippen LogP contribution >= 0.6 is 0 Å². The predicted octanol–water partition coefficient (Wildman–Crippen LogP) is 2.66. The van der Waals surface area contributed by atoms with E-state index in [1.54, 1.807) is 23.1 Å². The van der Waals surface area contributed by atoms with Gasteiger partial charge in [0.05, 0.1) is 32.2 Å². The summed E-state index contributed by atoms with van der Waals surface area (Å²) < 4.78 is 42.6. The Balaban J connectivity index is 1.59. The molecular weight excluding hydrogens is 384 g/mol. The maximum Gasteiger partial charge on any atom is 0.260 e. The van der Waals surface area contributed by atoms with Gasteiger partial charge >= 0.3 is 0 Å². The Labute approximate surface area is 166 Å². The standard InChI is InChI=1S/C20H21F2N3O4/c1-27-19-10-14(12-23-24-17-4-3-15(21)11-16(17)22)2-5-18(19)29-13-20(26)25-6-8-28-9-7-25/h2-5,10-12,24H,6-9,13H2,1H3/b23-12+. The van der Waals surface area contributed by atoms with Gasteiger partial charge in [0.1, 0.15) is 5.82 Å². The Kier molecular flexibility index (Phi) is 6.96. The number of carbonyl (C=O) groups is 1. The molecule has 0 bridgehead atoms. The smallest absolute Gasteiger partial charge is 0.260 e. The van der Waals surface area contributed by atoms with Crippen molar-refractivity contribution < 1.29 is 27.8 Å². The molecule has 2 aromatic rings. The molecule has 154 valence electrons. The first-order valence-corrected chi connectivity index (χ1v) is 8.97. The number of hydrazone groups is 1. The van der Waals surface area contributed by atoms with Crippen LogP contribution < -0.4 is 14.9 Å². The number of morpholine rings is 1. The molecule has 0 radical (unpaired) electrons. The number of nitrogens with zero attached hydrogens (tertiary/aromatic N) is 2. The van der Waals surface area contributed by atoms with Gasteiger partial charge in [-0.1, -0.05) is 0 Å². The van der Waals surface area contributed by atoms with Gasteiger partial charge < -0.3 is 19.1 Å². The third-order valence-electron chi connectivity index (χ3n) is 4.23. The first-order chi connectivity index (χ1) is 14.1. The average Bonchev–Trinajstić information content (AvgIpc) is 2.74. The maximum absolute atomic E-state index is 13.6. The molecule has 1 amide bonds. The molecule has 1 aliphatic heterocycles. The molecule has 9 heteroatoms. The number of methoxy groups -OCH3 is 1. The van der Waals surface area contributed by atoms with Crippen molar-refractivity contribution in [2.24, 2.45) is 5.10 Å². The molecule has 1 fully saturated rings. The van der Waals surface area contributed by atoms with Gasteiger partial charge in [0.25, 0.3) is 5.91 Å². The molecule has 0 spiro atoms. The molecular formula is C20H21F2N3O4.